The second-order valence-corrected chi connectivity index (χ2v) is 7.33. The molecule has 0 aromatic heterocycles. The molecule has 4 bridgehead atoms. The Balaban J connectivity index is 1.70. The molecule has 0 aliphatic heterocycles. The van der Waals surface area contributed by atoms with Gasteiger partial charge < -0.3 is 10.2 Å². The van der Waals surface area contributed by atoms with Gasteiger partial charge in [-0.3, -0.25) is 9.59 Å². The number of hydrogen-bond donors (Lipinski definition) is 2. The zero-order valence-corrected chi connectivity index (χ0v) is 10.9. The van der Waals surface area contributed by atoms with Crippen LogP contribution in [0.15, 0.2) is 0 Å². The lowest BCUT2D eigenvalue weighted by molar-refractivity contribution is -0.162. The summed E-state index contributed by atoms with van der Waals surface area (Å²) >= 11 is 0. The van der Waals surface area contributed by atoms with Crippen LogP contribution < -0.4 is 0 Å². The number of fused-ring (bicyclic) bond motifs is 9. The summed E-state index contributed by atoms with van der Waals surface area (Å²) in [5.74, 6) is 1.57. The highest BCUT2D eigenvalue weighted by Crippen LogP contribution is 2.72. The Bertz CT molecular complexity index is 459. The van der Waals surface area contributed by atoms with E-state index in [-0.39, 0.29) is 12.3 Å². The maximum Gasteiger partial charge on any atom is 0.310 e. The number of rotatable bonds is 3. The third-order valence-electron chi connectivity index (χ3n) is 6.84. The van der Waals surface area contributed by atoms with Crippen LogP contribution in [0.2, 0.25) is 0 Å². The topological polar surface area (TPSA) is 74.6 Å². The first-order chi connectivity index (χ1) is 9.03. The van der Waals surface area contributed by atoms with Crippen molar-refractivity contribution in [2.45, 2.75) is 38.5 Å². The Morgan fingerprint density at radius 3 is 2.32 bits per heavy atom. The second-order valence-electron chi connectivity index (χ2n) is 7.33. The van der Waals surface area contributed by atoms with Gasteiger partial charge in [0.25, 0.3) is 0 Å². The fourth-order valence-corrected chi connectivity index (χ4v) is 6.54. The molecule has 4 aliphatic rings. The molecule has 4 saturated carbocycles. The third-order valence-corrected chi connectivity index (χ3v) is 6.84. The molecule has 7 unspecified atom stereocenters. The van der Waals surface area contributed by atoms with Gasteiger partial charge in [-0.2, -0.15) is 0 Å². The minimum absolute atomic E-state index is 0.131. The van der Waals surface area contributed by atoms with E-state index >= 15 is 0 Å². The molecule has 0 heterocycles. The van der Waals surface area contributed by atoms with Crippen molar-refractivity contribution in [1.82, 2.24) is 0 Å². The van der Waals surface area contributed by atoms with Gasteiger partial charge in [-0.15, -0.1) is 0 Å². The Labute approximate surface area is 112 Å². The number of hydrogen-bond acceptors (Lipinski definition) is 2. The van der Waals surface area contributed by atoms with Gasteiger partial charge in [-0.25, -0.2) is 0 Å². The van der Waals surface area contributed by atoms with Crippen LogP contribution in [0.3, 0.4) is 0 Å². The summed E-state index contributed by atoms with van der Waals surface area (Å²) in [6.45, 7) is 0. The van der Waals surface area contributed by atoms with Crippen LogP contribution in [-0.2, 0) is 9.59 Å². The van der Waals surface area contributed by atoms with Crippen molar-refractivity contribution in [1.29, 1.82) is 0 Å². The summed E-state index contributed by atoms with van der Waals surface area (Å²) in [6.07, 6.45) is 5.27. The van der Waals surface area contributed by atoms with E-state index in [0.717, 1.165) is 18.3 Å². The molecule has 0 spiro atoms. The van der Waals surface area contributed by atoms with Gasteiger partial charge in [0.2, 0.25) is 0 Å². The fourth-order valence-electron chi connectivity index (χ4n) is 6.54. The van der Waals surface area contributed by atoms with Crippen molar-refractivity contribution in [2.75, 3.05) is 0 Å². The van der Waals surface area contributed by atoms with Crippen LogP contribution in [0, 0.1) is 40.9 Å². The molecular formula is C15H20O4. The van der Waals surface area contributed by atoms with E-state index in [0.29, 0.717) is 24.2 Å². The molecule has 4 nitrogen and oxygen atoms in total. The van der Waals surface area contributed by atoms with E-state index < -0.39 is 17.4 Å². The molecule has 0 aromatic rings. The Morgan fingerprint density at radius 2 is 1.68 bits per heavy atom. The zero-order chi connectivity index (χ0) is 13.4. The molecule has 4 fully saturated rings. The number of aliphatic carboxylic acids is 2. The van der Waals surface area contributed by atoms with Crippen LogP contribution in [0.25, 0.3) is 0 Å². The minimum Gasteiger partial charge on any atom is -0.481 e. The van der Waals surface area contributed by atoms with Crippen LogP contribution in [0.5, 0.6) is 0 Å². The van der Waals surface area contributed by atoms with Crippen molar-refractivity contribution in [3.63, 3.8) is 0 Å². The molecule has 19 heavy (non-hydrogen) atoms. The molecule has 7 atom stereocenters. The van der Waals surface area contributed by atoms with E-state index in [1.807, 2.05) is 0 Å². The standard InChI is InChI=1S/C15H20O4/c16-11(17)6-15(14(18)19)5-9-4-10(15)13-8-2-1-7(3-8)12(9)13/h7-10,12-13H,1-6H2,(H,16,17)(H,18,19). The number of carboxylic acids is 2. The second kappa shape index (κ2) is 3.53. The van der Waals surface area contributed by atoms with Crippen molar-refractivity contribution >= 4 is 11.9 Å². The lowest BCUT2D eigenvalue weighted by atomic mass is 9.60. The highest BCUT2D eigenvalue weighted by Gasteiger charge is 2.69. The quantitative estimate of drug-likeness (QED) is 0.766. The molecule has 4 heteroatoms. The molecule has 4 aliphatic carbocycles. The lowest BCUT2D eigenvalue weighted by Crippen LogP contribution is -2.46. The van der Waals surface area contributed by atoms with E-state index in [1.54, 1.807) is 0 Å². The molecule has 0 radical (unpaired) electrons. The predicted molar refractivity (Wildman–Crippen MR) is 66.3 cm³/mol. The molecular weight excluding hydrogens is 244 g/mol. The van der Waals surface area contributed by atoms with E-state index in [4.69, 9.17) is 5.11 Å². The largest absolute Gasteiger partial charge is 0.481 e. The molecule has 104 valence electrons. The summed E-state index contributed by atoms with van der Waals surface area (Å²) < 4.78 is 0. The summed E-state index contributed by atoms with van der Waals surface area (Å²) in [7, 11) is 0. The van der Waals surface area contributed by atoms with Crippen molar-refractivity contribution < 1.29 is 19.8 Å². The van der Waals surface area contributed by atoms with Crippen LogP contribution in [0.1, 0.15) is 38.5 Å². The monoisotopic (exact) mass is 264 g/mol. The average Bonchev–Trinajstić information content (AvgIpc) is 3.04. The third kappa shape index (κ3) is 1.30. The van der Waals surface area contributed by atoms with Gasteiger partial charge in [-0.1, -0.05) is 0 Å². The molecule has 0 aromatic carbocycles. The molecule has 4 rings (SSSR count). The first-order valence-electron chi connectivity index (χ1n) is 7.48. The molecule has 2 N–H and O–H groups in total. The van der Waals surface area contributed by atoms with Crippen LogP contribution in [-0.4, -0.2) is 22.2 Å². The molecule has 0 amide bonds. The fraction of sp³-hybridized carbons (Fsp3) is 0.867. The van der Waals surface area contributed by atoms with Crippen molar-refractivity contribution in [2.24, 2.45) is 40.9 Å². The maximum absolute atomic E-state index is 11.8. The first kappa shape index (κ1) is 11.7. The molecule has 0 saturated heterocycles. The first-order valence-corrected chi connectivity index (χ1v) is 7.48. The van der Waals surface area contributed by atoms with Gasteiger partial charge in [0.05, 0.1) is 11.8 Å². The Morgan fingerprint density at radius 1 is 1.00 bits per heavy atom. The van der Waals surface area contributed by atoms with E-state index in [2.05, 4.69) is 0 Å². The smallest absolute Gasteiger partial charge is 0.310 e. The van der Waals surface area contributed by atoms with E-state index in [9.17, 15) is 14.7 Å². The summed E-state index contributed by atoms with van der Waals surface area (Å²) in [5, 5.41) is 18.8. The lowest BCUT2D eigenvalue weighted by Gasteiger charge is -2.43. The Kier molecular flexibility index (Phi) is 2.18. The van der Waals surface area contributed by atoms with Gasteiger partial charge in [-0.05, 0) is 67.6 Å². The van der Waals surface area contributed by atoms with Crippen LogP contribution in [0.4, 0.5) is 0 Å². The summed E-state index contributed by atoms with van der Waals surface area (Å²) in [6, 6.07) is 0. The predicted octanol–water partition coefficient (Wildman–Crippen LogP) is 2.23. The van der Waals surface area contributed by atoms with Gasteiger partial charge in [0.15, 0.2) is 0 Å². The minimum atomic E-state index is -0.956. The van der Waals surface area contributed by atoms with Gasteiger partial charge >= 0.3 is 11.9 Å². The maximum atomic E-state index is 11.8. The number of carboxylic acid groups (broad SMARTS) is 2. The normalized spacial score (nSPS) is 53.5. The highest BCUT2D eigenvalue weighted by atomic mass is 16.4. The SMILES string of the molecule is O=C(O)CC1(C(=O)O)CC2CC1C1C3CCC(C3)C21. The average molecular weight is 264 g/mol. The van der Waals surface area contributed by atoms with Crippen molar-refractivity contribution in [3.05, 3.63) is 0 Å². The number of carbonyl (C=O) groups is 2. The van der Waals surface area contributed by atoms with Gasteiger partial charge in [0.1, 0.15) is 0 Å². The zero-order valence-electron chi connectivity index (χ0n) is 10.9. The van der Waals surface area contributed by atoms with Gasteiger partial charge in [0, 0.05) is 0 Å². The summed E-state index contributed by atoms with van der Waals surface area (Å²) in [4.78, 5) is 22.9. The highest BCUT2D eigenvalue weighted by molar-refractivity contribution is 5.82. The van der Waals surface area contributed by atoms with Crippen molar-refractivity contribution in [3.8, 4) is 0 Å². The summed E-state index contributed by atoms with van der Waals surface area (Å²) in [5.41, 5.74) is -0.956. The van der Waals surface area contributed by atoms with E-state index in [1.165, 1.54) is 19.3 Å². The Hall–Kier alpha value is -1.06. The van der Waals surface area contributed by atoms with Crippen LogP contribution >= 0.6 is 0 Å².